The average Bonchev–Trinajstić information content (AvgIpc) is 3.25. The summed E-state index contributed by atoms with van der Waals surface area (Å²) in [5.74, 6) is -0.742. The molecule has 8 heteroatoms. The Bertz CT molecular complexity index is 1330. The minimum Gasteiger partial charge on any atom is -0.437 e. The summed E-state index contributed by atoms with van der Waals surface area (Å²) in [6, 6.07) is 12.9. The Morgan fingerprint density at radius 3 is 2.63 bits per heavy atom. The minimum atomic E-state index is -1.41. The number of aromatic nitrogens is 3. The highest BCUT2D eigenvalue weighted by Gasteiger charge is 2.45. The second-order valence-electron chi connectivity index (χ2n) is 7.02. The van der Waals surface area contributed by atoms with Crippen molar-refractivity contribution in [1.82, 2.24) is 14.5 Å². The van der Waals surface area contributed by atoms with Crippen molar-refractivity contribution in [3.05, 3.63) is 78.3 Å². The fourth-order valence-electron chi connectivity index (χ4n) is 3.27. The molecule has 1 aromatic carbocycles. The molecule has 30 heavy (non-hydrogen) atoms. The highest BCUT2D eigenvalue weighted by molar-refractivity contribution is 5.99. The van der Waals surface area contributed by atoms with Crippen LogP contribution in [0.1, 0.15) is 16.1 Å². The molecule has 0 saturated heterocycles. The first-order chi connectivity index (χ1) is 14.5. The molecule has 148 valence electrons. The monoisotopic (exact) mass is 400 g/mol. The molecule has 1 aliphatic carbocycles. The van der Waals surface area contributed by atoms with Gasteiger partial charge in [0.25, 0.3) is 5.91 Å². The number of hydrogen-bond acceptors (Lipinski definition) is 6. The third-order valence-electron chi connectivity index (χ3n) is 4.98. The molecule has 3 aromatic heterocycles. The first kappa shape index (κ1) is 17.9. The van der Waals surface area contributed by atoms with Crippen molar-refractivity contribution in [3.63, 3.8) is 0 Å². The summed E-state index contributed by atoms with van der Waals surface area (Å²) in [6.45, 7) is 1.83. The fourth-order valence-corrected chi connectivity index (χ4v) is 3.27. The molecule has 5 rings (SSSR count). The summed E-state index contributed by atoms with van der Waals surface area (Å²) in [5.41, 5.74) is 7.72. The van der Waals surface area contributed by atoms with Gasteiger partial charge in [-0.3, -0.25) is 4.79 Å². The Morgan fingerprint density at radius 2 is 1.93 bits per heavy atom. The maximum Gasteiger partial charge on any atom is 0.340 e. The first-order valence-electron chi connectivity index (χ1n) is 9.21. The van der Waals surface area contributed by atoms with E-state index in [1.165, 1.54) is 12.2 Å². The number of nitrogens with zero attached hydrogens (tertiary/aromatic N) is 3. The molecule has 0 atom stereocenters. The van der Waals surface area contributed by atoms with Gasteiger partial charge in [0.2, 0.25) is 5.60 Å². The molecule has 0 radical (unpaired) electrons. The Labute approximate surface area is 170 Å². The summed E-state index contributed by atoms with van der Waals surface area (Å²) < 4.78 is 12.4. The van der Waals surface area contributed by atoms with Crippen molar-refractivity contribution < 1.29 is 18.8 Å². The van der Waals surface area contributed by atoms with Crippen molar-refractivity contribution in [2.75, 3.05) is 0 Å². The van der Waals surface area contributed by atoms with Gasteiger partial charge >= 0.3 is 5.97 Å². The average molecular weight is 400 g/mol. The molecule has 0 bridgehead atoms. The number of carbonyl (C=O) groups excluding carboxylic acids is 2. The molecule has 2 N–H and O–H groups in total. The molecular weight excluding hydrogens is 384 g/mol. The van der Waals surface area contributed by atoms with Crippen molar-refractivity contribution in [1.29, 1.82) is 0 Å². The van der Waals surface area contributed by atoms with Crippen LogP contribution in [-0.2, 0) is 9.53 Å². The lowest BCUT2D eigenvalue weighted by Gasteiger charge is -2.13. The van der Waals surface area contributed by atoms with Crippen molar-refractivity contribution in [2.45, 2.75) is 12.5 Å². The maximum atomic E-state index is 12.4. The van der Waals surface area contributed by atoms with E-state index in [-0.39, 0.29) is 5.56 Å². The lowest BCUT2D eigenvalue weighted by molar-refractivity contribution is -0.127. The number of primary amides is 1. The van der Waals surface area contributed by atoms with Gasteiger partial charge in [0.15, 0.2) is 0 Å². The van der Waals surface area contributed by atoms with E-state index in [9.17, 15) is 9.59 Å². The highest BCUT2D eigenvalue weighted by Crippen LogP contribution is 2.34. The van der Waals surface area contributed by atoms with Crippen LogP contribution in [0, 0.1) is 6.92 Å². The number of benzene rings is 1. The Balaban J connectivity index is 1.51. The van der Waals surface area contributed by atoms with Crippen LogP contribution in [0.5, 0.6) is 0 Å². The third-order valence-corrected chi connectivity index (χ3v) is 4.98. The normalized spacial score (nSPS) is 14.0. The van der Waals surface area contributed by atoms with E-state index in [2.05, 4.69) is 10.1 Å². The van der Waals surface area contributed by atoms with Crippen LogP contribution in [0.4, 0.5) is 0 Å². The lowest BCUT2D eigenvalue weighted by atomic mass is 10.0. The number of imidazole rings is 1. The molecule has 0 fully saturated rings. The van der Waals surface area contributed by atoms with Crippen LogP contribution in [0.25, 0.3) is 28.2 Å². The third kappa shape index (κ3) is 2.86. The van der Waals surface area contributed by atoms with Crippen LogP contribution in [0.2, 0.25) is 0 Å². The lowest BCUT2D eigenvalue weighted by Crippen LogP contribution is -2.36. The van der Waals surface area contributed by atoms with Gasteiger partial charge in [-0.05, 0) is 31.2 Å². The second-order valence-corrected chi connectivity index (χ2v) is 7.02. The molecule has 3 heterocycles. The summed E-state index contributed by atoms with van der Waals surface area (Å²) in [4.78, 5) is 28.5. The molecule has 0 saturated carbocycles. The number of aryl methyl sites for hydroxylation is 1. The highest BCUT2D eigenvalue weighted by atomic mass is 16.6. The number of hydrogen-bond donors (Lipinski definition) is 1. The zero-order chi connectivity index (χ0) is 20.9. The minimum absolute atomic E-state index is 0.263. The largest absolute Gasteiger partial charge is 0.437 e. The number of ether oxygens (including phenoxy) is 1. The van der Waals surface area contributed by atoms with Crippen LogP contribution < -0.4 is 5.73 Å². The number of rotatable bonds is 5. The quantitative estimate of drug-likeness (QED) is 0.407. The Morgan fingerprint density at radius 1 is 1.17 bits per heavy atom. The Hall–Kier alpha value is -4.20. The van der Waals surface area contributed by atoms with E-state index >= 15 is 0 Å². The maximum absolute atomic E-state index is 12.4. The predicted molar refractivity (Wildman–Crippen MR) is 107 cm³/mol. The van der Waals surface area contributed by atoms with Gasteiger partial charge in [0.1, 0.15) is 17.1 Å². The number of fused-ring (bicyclic) bond motifs is 1. The number of carbonyl (C=O) groups is 2. The van der Waals surface area contributed by atoms with Crippen LogP contribution in [0.3, 0.4) is 0 Å². The van der Waals surface area contributed by atoms with E-state index < -0.39 is 17.5 Å². The number of esters is 1. The predicted octanol–water partition coefficient (Wildman–Crippen LogP) is 2.92. The molecule has 0 aliphatic heterocycles. The SMILES string of the molecule is Cc1onc(-c2ccccc2)c1-c1cn2ccc(C(=O)OC3(C(N)=O)C=C3)cc2n1. The van der Waals surface area contributed by atoms with Crippen LogP contribution in [-0.4, -0.2) is 32.0 Å². The standard InChI is InChI=1S/C22H16N4O4/c1-13-18(19(25-30-13)14-5-3-2-4-6-14)16-12-26-10-7-15(11-17(26)24-16)20(27)29-22(8-9-22)21(23)28/h2-12H,1H3,(H2,23,28). The zero-order valence-corrected chi connectivity index (χ0v) is 15.9. The van der Waals surface area contributed by atoms with Gasteiger partial charge in [-0.15, -0.1) is 0 Å². The summed E-state index contributed by atoms with van der Waals surface area (Å²) in [5, 5.41) is 4.19. The van der Waals surface area contributed by atoms with Gasteiger partial charge in [-0.25, -0.2) is 9.78 Å². The smallest absolute Gasteiger partial charge is 0.340 e. The van der Waals surface area contributed by atoms with Gasteiger partial charge in [-0.1, -0.05) is 35.5 Å². The molecule has 1 amide bonds. The number of pyridine rings is 1. The van der Waals surface area contributed by atoms with Crippen LogP contribution >= 0.6 is 0 Å². The molecule has 1 aliphatic rings. The van der Waals surface area contributed by atoms with E-state index in [0.717, 1.165) is 11.1 Å². The van der Waals surface area contributed by atoms with Crippen molar-refractivity contribution in [3.8, 4) is 22.5 Å². The molecule has 0 spiro atoms. The molecule has 0 unspecified atom stereocenters. The van der Waals surface area contributed by atoms with Gasteiger partial charge in [0.05, 0.1) is 16.8 Å². The summed E-state index contributed by atoms with van der Waals surface area (Å²) in [6.07, 6.45) is 6.42. The molecule has 4 aromatic rings. The number of nitrogens with two attached hydrogens (primary N) is 1. The first-order valence-corrected chi connectivity index (χ1v) is 9.21. The van der Waals surface area contributed by atoms with E-state index in [0.29, 0.717) is 22.8 Å². The molecule has 8 nitrogen and oxygen atoms in total. The van der Waals surface area contributed by atoms with Gasteiger partial charge < -0.3 is 19.4 Å². The number of amides is 1. The van der Waals surface area contributed by atoms with E-state index in [1.807, 2.05) is 43.5 Å². The molecular formula is C22H16N4O4. The van der Waals surface area contributed by atoms with Gasteiger partial charge in [0, 0.05) is 18.0 Å². The zero-order valence-electron chi connectivity index (χ0n) is 15.9. The topological polar surface area (TPSA) is 113 Å². The van der Waals surface area contributed by atoms with E-state index in [1.54, 1.807) is 22.7 Å². The van der Waals surface area contributed by atoms with Crippen LogP contribution in [0.15, 0.2) is 71.5 Å². The second kappa shape index (κ2) is 6.41. The van der Waals surface area contributed by atoms with Crippen molar-refractivity contribution in [2.24, 2.45) is 5.73 Å². The fraction of sp³-hybridized carbons (Fsp3) is 0.0909. The van der Waals surface area contributed by atoms with Gasteiger partial charge in [-0.2, -0.15) is 0 Å². The van der Waals surface area contributed by atoms with E-state index in [4.69, 9.17) is 15.0 Å². The summed E-state index contributed by atoms with van der Waals surface area (Å²) in [7, 11) is 0. The summed E-state index contributed by atoms with van der Waals surface area (Å²) >= 11 is 0. The van der Waals surface area contributed by atoms with Crippen molar-refractivity contribution >= 4 is 17.5 Å². The Kier molecular flexibility index (Phi) is 3.82.